The van der Waals surface area contributed by atoms with Crippen LogP contribution in [0.2, 0.25) is 0 Å². The van der Waals surface area contributed by atoms with Crippen molar-refractivity contribution in [1.29, 1.82) is 0 Å². The first-order valence-corrected chi connectivity index (χ1v) is 13.2. The van der Waals surface area contributed by atoms with E-state index in [1.165, 1.54) is 32.9 Å². The molecule has 3 aromatic rings. The molecule has 4 rings (SSSR count). The fourth-order valence-corrected chi connectivity index (χ4v) is 6.85. The first-order valence-electron chi connectivity index (χ1n) is 10.5. The molecular formula is C28H29O3P. The maximum atomic E-state index is 5.38. The Hall–Kier alpha value is -3.16. The average Bonchev–Trinajstić information content (AvgIpc) is 2.84. The number of hydrogen-bond donors (Lipinski definition) is 0. The van der Waals surface area contributed by atoms with E-state index in [1.807, 2.05) is 36.4 Å². The van der Waals surface area contributed by atoms with Gasteiger partial charge in [-0.3, -0.25) is 0 Å². The SMILES string of the molecule is COc1ccc(C2=CC(c3ccc(OC)cc3)=P(C)(C)C(c3ccc(OC)cc3)=C2)cc1. The largest absolute Gasteiger partial charge is 0.497 e. The lowest BCUT2D eigenvalue weighted by molar-refractivity contribution is 0.414. The average molecular weight is 445 g/mol. The summed E-state index contributed by atoms with van der Waals surface area (Å²) in [5.41, 5.74) is 4.83. The molecule has 3 aromatic carbocycles. The molecule has 1 aliphatic heterocycles. The Bertz CT molecular complexity index is 1210. The van der Waals surface area contributed by atoms with Crippen LogP contribution in [0.1, 0.15) is 16.7 Å². The van der Waals surface area contributed by atoms with E-state index in [9.17, 15) is 0 Å². The highest BCUT2D eigenvalue weighted by Crippen LogP contribution is 2.59. The minimum atomic E-state index is -1.63. The van der Waals surface area contributed by atoms with E-state index in [-0.39, 0.29) is 0 Å². The molecule has 0 aromatic heterocycles. The molecule has 0 spiro atoms. The summed E-state index contributed by atoms with van der Waals surface area (Å²) in [7, 11) is 5.09. The van der Waals surface area contributed by atoms with Crippen LogP contribution in [0.5, 0.6) is 17.2 Å². The first-order chi connectivity index (χ1) is 15.5. The molecule has 0 N–H and O–H groups in total. The summed E-state index contributed by atoms with van der Waals surface area (Å²) in [4.78, 5) is 0. The monoisotopic (exact) mass is 444 g/mol. The van der Waals surface area contributed by atoms with Crippen LogP contribution in [0.3, 0.4) is 0 Å². The predicted molar refractivity (Wildman–Crippen MR) is 138 cm³/mol. The maximum absolute atomic E-state index is 5.38. The zero-order valence-electron chi connectivity index (χ0n) is 19.3. The molecule has 0 unspecified atom stereocenters. The van der Waals surface area contributed by atoms with Gasteiger partial charge in [-0.15, -0.1) is 0 Å². The summed E-state index contributed by atoms with van der Waals surface area (Å²) >= 11 is 0. The van der Waals surface area contributed by atoms with Gasteiger partial charge in [0.2, 0.25) is 0 Å². The van der Waals surface area contributed by atoms with E-state index in [0.29, 0.717) is 0 Å². The molecule has 0 bridgehead atoms. The van der Waals surface area contributed by atoms with Gasteiger partial charge in [-0.05, 0) is 94.8 Å². The number of ether oxygens (including phenoxy) is 3. The van der Waals surface area contributed by atoms with Crippen LogP contribution in [-0.2, 0) is 0 Å². The van der Waals surface area contributed by atoms with Crippen molar-refractivity contribution in [2.24, 2.45) is 0 Å². The first kappa shape index (κ1) is 22.0. The summed E-state index contributed by atoms with van der Waals surface area (Å²) in [6, 6.07) is 25.1. The highest BCUT2D eigenvalue weighted by atomic mass is 31.2. The van der Waals surface area contributed by atoms with Gasteiger partial charge >= 0.3 is 0 Å². The standard InChI is InChI=1S/C28H29O3P/c1-29-24-12-6-20(7-13-24)23-18-27(21-8-14-25(30-2)15-9-21)32(4,5)28(19-23)22-10-16-26(31-3)17-11-22/h6-19H,1-5H3. The van der Waals surface area contributed by atoms with E-state index in [2.05, 4.69) is 61.9 Å². The van der Waals surface area contributed by atoms with Crippen LogP contribution in [0.15, 0.2) is 84.9 Å². The number of hydrogen-bond acceptors (Lipinski definition) is 3. The topological polar surface area (TPSA) is 27.7 Å². The van der Waals surface area contributed by atoms with Gasteiger partial charge in [0.25, 0.3) is 0 Å². The Morgan fingerprint density at radius 1 is 0.500 bits per heavy atom. The molecule has 32 heavy (non-hydrogen) atoms. The smallest absolute Gasteiger partial charge is 0.118 e. The van der Waals surface area contributed by atoms with Crippen molar-refractivity contribution in [3.05, 3.63) is 102 Å². The van der Waals surface area contributed by atoms with Crippen LogP contribution in [0, 0.1) is 0 Å². The Morgan fingerprint density at radius 3 is 1.34 bits per heavy atom. The van der Waals surface area contributed by atoms with Crippen LogP contribution < -0.4 is 14.2 Å². The highest BCUT2D eigenvalue weighted by Gasteiger charge is 2.24. The molecule has 4 heteroatoms. The van der Waals surface area contributed by atoms with Gasteiger partial charge in [0, 0.05) is 0 Å². The van der Waals surface area contributed by atoms with Gasteiger partial charge in [-0.2, -0.15) is 0 Å². The molecule has 164 valence electrons. The quantitative estimate of drug-likeness (QED) is 0.399. The van der Waals surface area contributed by atoms with Crippen molar-refractivity contribution >= 4 is 23.1 Å². The van der Waals surface area contributed by atoms with Crippen molar-refractivity contribution in [3.8, 4) is 17.2 Å². The van der Waals surface area contributed by atoms with Crippen LogP contribution in [0.25, 0.3) is 10.9 Å². The van der Waals surface area contributed by atoms with Crippen molar-refractivity contribution in [1.82, 2.24) is 0 Å². The van der Waals surface area contributed by atoms with E-state index in [1.54, 1.807) is 21.3 Å². The van der Waals surface area contributed by atoms with E-state index >= 15 is 0 Å². The highest BCUT2D eigenvalue weighted by molar-refractivity contribution is 7.85. The Balaban J connectivity index is 1.91. The molecule has 0 radical (unpaired) electrons. The molecule has 3 nitrogen and oxygen atoms in total. The predicted octanol–water partition coefficient (Wildman–Crippen LogP) is 6.65. The van der Waals surface area contributed by atoms with Gasteiger partial charge in [0.1, 0.15) is 17.2 Å². The Morgan fingerprint density at radius 2 is 0.906 bits per heavy atom. The Kier molecular flexibility index (Phi) is 6.30. The third-order valence-electron chi connectivity index (χ3n) is 5.98. The minimum Gasteiger partial charge on any atom is -0.497 e. The molecule has 1 aliphatic rings. The van der Waals surface area contributed by atoms with Gasteiger partial charge in [0.15, 0.2) is 0 Å². The molecule has 0 aliphatic carbocycles. The van der Waals surface area contributed by atoms with E-state index in [4.69, 9.17) is 14.2 Å². The third-order valence-corrected chi connectivity index (χ3v) is 9.17. The summed E-state index contributed by atoms with van der Waals surface area (Å²) < 4.78 is 16.1. The van der Waals surface area contributed by atoms with E-state index < -0.39 is 6.89 Å². The van der Waals surface area contributed by atoms with Gasteiger partial charge < -0.3 is 14.2 Å². The third kappa shape index (κ3) is 4.26. The number of methoxy groups -OCH3 is 3. The molecule has 0 saturated heterocycles. The summed E-state index contributed by atoms with van der Waals surface area (Å²) in [5, 5.41) is 2.75. The van der Waals surface area contributed by atoms with Crippen molar-refractivity contribution in [2.75, 3.05) is 34.7 Å². The zero-order valence-corrected chi connectivity index (χ0v) is 20.1. The lowest BCUT2D eigenvalue weighted by Crippen LogP contribution is -2.07. The second kappa shape index (κ2) is 9.14. The molecule has 0 amide bonds. The number of allylic oxidation sites excluding steroid dienone is 3. The van der Waals surface area contributed by atoms with Crippen LogP contribution in [-0.4, -0.2) is 40.0 Å². The Labute approximate surface area is 190 Å². The fourth-order valence-electron chi connectivity index (χ4n) is 4.07. The molecule has 0 fully saturated rings. The molecule has 1 heterocycles. The lowest BCUT2D eigenvalue weighted by Gasteiger charge is -2.30. The van der Waals surface area contributed by atoms with Crippen LogP contribution in [0.4, 0.5) is 0 Å². The van der Waals surface area contributed by atoms with Gasteiger partial charge in [-0.1, -0.05) is 43.3 Å². The molecule has 0 saturated carbocycles. The summed E-state index contributed by atoms with van der Waals surface area (Å²) in [6.45, 7) is 3.16. The fraction of sp³-hybridized carbons (Fsp3) is 0.179. The maximum Gasteiger partial charge on any atom is 0.118 e. The minimum absolute atomic E-state index is 0.858. The zero-order chi connectivity index (χ0) is 22.7. The van der Waals surface area contributed by atoms with Crippen molar-refractivity contribution in [3.63, 3.8) is 0 Å². The van der Waals surface area contributed by atoms with Gasteiger partial charge in [0.05, 0.1) is 21.3 Å². The van der Waals surface area contributed by atoms with Gasteiger partial charge in [-0.25, -0.2) is 0 Å². The normalized spacial score (nSPS) is 15.0. The molecular weight excluding hydrogens is 415 g/mol. The second-order valence-corrected chi connectivity index (χ2v) is 12.0. The number of rotatable bonds is 6. The van der Waals surface area contributed by atoms with Crippen LogP contribution >= 0.6 is 6.89 Å². The second-order valence-electron chi connectivity index (χ2n) is 8.15. The summed E-state index contributed by atoms with van der Waals surface area (Å²) in [6.07, 6.45) is 4.70. The summed E-state index contributed by atoms with van der Waals surface area (Å²) in [5.74, 6) is 2.59. The molecule has 0 atom stereocenters. The van der Waals surface area contributed by atoms with Crippen molar-refractivity contribution in [2.45, 2.75) is 0 Å². The van der Waals surface area contributed by atoms with Crippen molar-refractivity contribution < 1.29 is 14.2 Å². The lowest BCUT2D eigenvalue weighted by atomic mass is 10.00. The number of benzene rings is 3. The van der Waals surface area contributed by atoms with E-state index in [0.717, 1.165) is 17.2 Å².